The van der Waals surface area contributed by atoms with Gasteiger partial charge < -0.3 is 4.90 Å². The highest BCUT2D eigenvalue weighted by atomic mass is 16.2. The Labute approximate surface area is 170 Å². The third-order valence-corrected chi connectivity index (χ3v) is 6.07. The molecule has 1 aromatic carbocycles. The summed E-state index contributed by atoms with van der Waals surface area (Å²) in [5.74, 6) is 2.25. The van der Waals surface area contributed by atoms with E-state index >= 15 is 0 Å². The number of fused-ring (bicyclic) bond motifs is 2. The average Bonchev–Trinajstić information content (AvgIpc) is 3.34. The number of hydrogen-bond acceptors (Lipinski definition) is 4. The zero-order valence-corrected chi connectivity index (χ0v) is 16.6. The normalized spacial score (nSPS) is 18.8. The quantitative estimate of drug-likeness (QED) is 0.682. The van der Waals surface area contributed by atoms with Crippen molar-refractivity contribution >= 4 is 5.91 Å². The first-order valence-corrected chi connectivity index (χ1v) is 10.5. The van der Waals surface area contributed by atoms with Crippen molar-refractivity contribution in [2.24, 2.45) is 5.92 Å². The van der Waals surface area contributed by atoms with Crippen LogP contribution in [-0.4, -0.2) is 48.4 Å². The van der Waals surface area contributed by atoms with Gasteiger partial charge in [0.2, 0.25) is 5.91 Å². The Balaban J connectivity index is 1.19. The van der Waals surface area contributed by atoms with Gasteiger partial charge in [0.1, 0.15) is 5.82 Å². The van der Waals surface area contributed by atoms with E-state index in [1.807, 2.05) is 32.6 Å². The second-order valence-corrected chi connectivity index (χ2v) is 7.96. The molecule has 1 atom stereocenters. The Kier molecular flexibility index (Phi) is 4.87. The van der Waals surface area contributed by atoms with E-state index in [1.165, 1.54) is 11.3 Å². The molecule has 4 heterocycles. The van der Waals surface area contributed by atoms with Crippen molar-refractivity contribution in [3.05, 3.63) is 65.5 Å². The van der Waals surface area contributed by atoms with Crippen LogP contribution in [-0.2, 0) is 43.6 Å². The molecule has 2 aromatic heterocycles. The molecule has 1 amide bonds. The Morgan fingerprint density at radius 3 is 2.79 bits per heavy atom. The molecule has 0 spiro atoms. The maximum Gasteiger partial charge on any atom is 0.226 e. The molecule has 7 nitrogen and oxygen atoms in total. The summed E-state index contributed by atoms with van der Waals surface area (Å²) in [5.41, 5.74) is 2.48. The van der Waals surface area contributed by atoms with Crippen LogP contribution in [0.2, 0.25) is 0 Å². The summed E-state index contributed by atoms with van der Waals surface area (Å²) in [6, 6.07) is 12.5. The van der Waals surface area contributed by atoms with Crippen LogP contribution in [0.1, 0.15) is 29.3 Å². The summed E-state index contributed by atoms with van der Waals surface area (Å²) in [6.45, 7) is 3.00. The molecule has 2 aliphatic heterocycles. The van der Waals surface area contributed by atoms with E-state index in [-0.39, 0.29) is 11.8 Å². The van der Waals surface area contributed by atoms with E-state index in [9.17, 15) is 4.79 Å². The molecular formula is C22H26N6O. The molecular weight excluding hydrogens is 364 g/mol. The van der Waals surface area contributed by atoms with E-state index in [0.717, 1.165) is 63.4 Å². The summed E-state index contributed by atoms with van der Waals surface area (Å²) >= 11 is 0. The minimum atomic E-state index is 0.0685. The number of rotatable bonds is 4. The summed E-state index contributed by atoms with van der Waals surface area (Å²) in [4.78, 5) is 19.9. The van der Waals surface area contributed by atoms with E-state index < -0.39 is 0 Å². The second-order valence-electron chi connectivity index (χ2n) is 7.96. The Hall–Kier alpha value is -2.96. The molecule has 0 aliphatic carbocycles. The van der Waals surface area contributed by atoms with Crippen molar-refractivity contribution in [1.82, 2.24) is 29.4 Å². The van der Waals surface area contributed by atoms with Gasteiger partial charge in [-0.15, -0.1) is 0 Å². The fourth-order valence-electron chi connectivity index (χ4n) is 4.42. The summed E-state index contributed by atoms with van der Waals surface area (Å²) in [5, 5.41) is 9.02. The van der Waals surface area contributed by atoms with Crippen LogP contribution in [0.4, 0.5) is 0 Å². The minimum Gasteiger partial charge on any atom is -0.340 e. The summed E-state index contributed by atoms with van der Waals surface area (Å²) < 4.78 is 4.02. The number of aryl methyl sites for hydroxylation is 3. The van der Waals surface area contributed by atoms with Crippen LogP contribution in [0, 0.1) is 5.92 Å². The van der Waals surface area contributed by atoms with Gasteiger partial charge in [0.05, 0.1) is 6.54 Å². The fraction of sp³-hybridized carbons (Fsp3) is 0.455. The Bertz CT molecular complexity index is 966. The molecule has 7 heteroatoms. The number of carbonyl (C=O) groups excluding carboxylic acids is 1. The van der Waals surface area contributed by atoms with Crippen LogP contribution in [0.5, 0.6) is 0 Å². The van der Waals surface area contributed by atoms with Crippen molar-refractivity contribution in [3.8, 4) is 0 Å². The summed E-state index contributed by atoms with van der Waals surface area (Å²) in [7, 11) is 0. The lowest BCUT2D eigenvalue weighted by atomic mass is 9.94. The van der Waals surface area contributed by atoms with Crippen LogP contribution < -0.4 is 0 Å². The highest BCUT2D eigenvalue weighted by molar-refractivity contribution is 5.79. The van der Waals surface area contributed by atoms with E-state index in [2.05, 4.69) is 29.4 Å². The molecule has 3 aromatic rings. The van der Waals surface area contributed by atoms with Crippen LogP contribution in [0.15, 0.2) is 42.6 Å². The molecule has 0 fully saturated rings. The van der Waals surface area contributed by atoms with Gasteiger partial charge in [-0.3, -0.25) is 9.48 Å². The van der Waals surface area contributed by atoms with Crippen LogP contribution in [0.3, 0.4) is 0 Å². The fourth-order valence-corrected chi connectivity index (χ4v) is 4.42. The number of amides is 1. The predicted octanol–water partition coefficient (Wildman–Crippen LogP) is 1.91. The maximum absolute atomic E-state index is 13.1. The van der Waals surface area contributed by atoms with Gasteiger partial charge in [0, 0.05) is 56.7 Å². The minimum absolute atomic E-state index is 0.0685. The van der Waals surface area contributed by atoms with Gasteiger partial charge in [0.15, 0.2) is 5.82 Å². The SMILES string of the molecule is O=C(C1CCn2nccc2C1)N1CCc2nc(CCc3ccccc3)nn2CC1. The van der Waals surface area contributed by atoms with E-state index in [1.54, 1.807) is 0 Å². The lowest BCUT2D eigenvalue weighted by Crippen LogP contribution is -2.40. The zero-order chi connectivity index (χ0) is 19.6. The molecule has 29 heavy (non-hydrogen) atoms. The summed E-state index contributed by atoms with van der Waals surface area (Å²) in [6.07, 6.45) is 6.07. The van der Waals surface area contributed by atoms with E-state index in [0.29, 0.717) is 6.54 Å². The molecule has 2 aliphatic rings. The molecule has 5 rings (SSSR count). The number of aromatic nitrogens is 5. The highest BCUT2D eigenvalue weighted by Crippen LogP contribution is 2.22. The molecule has 0 radical (unpaired) electrons. The molecule has 0 bridgehead atoms. The lowest BCUT2D eigenvalue weighted by Gasteiger charge is -2.28. The monoisotopic (exact) mass is 390 g/mol. The Morgan fingerprint density at radius 1 is 1.00 bits per heavy atom. The molecule has 0 saturated heterocycles. The topological polar surface area (TPSA) is 68.8 Å². The Morgan fingerprint density at radius 2 is 1.90 bits per heavy atom. The smallest absolute Gasteiger partial charge is 0.226 e. The van der Waals surface area contributed by atoms with E-state index in [4.69, 9.17) is 10.1 Å². The van der Waals surface area contributed by atoms with Crippen LogP contribution >= 0.6 is 0 Å². The average molecular weight is 390 g/mol. The molecule has 1 unspecified atom stereocenters. The van der Waals surface area contributed by atoms with Gasteiger partial charge in [0.25, 0.3) is 0 Å². The van der Waals surface area contributed by atoms with Gasteiger partial charge in [-0.25, -0.2) is 9.67 Å². The van der Waals surface area contributed by atoms with Gasteiger partial charge in [-0.05, 0) is 24.5 Å². The second kappa shape index (κ2) is 7.81. The first kappa shape index (κ1) is 18.1. The highest BCUT2D eigenvalue weighted by Gasteiger charge is 2.30. The lowest BCUT2D eigenvalue weighted by molar-refractivity contribution is -0.136. The van der Waals surface area contributed by atoms with Crippen molar-refractivity contribution < 1.29 is 4.79 Å². The molecule has 0 saturated carbocycles. The number of benzene rings is 1. The van der Waals surface area contributed by atoms with Crippen molar-refractivity contribution in [1.29, 1.82) is 0 Å². The first-order valence-electron chi connectivity index (χ1n) is 10.5. The largest absolute Gasteiger partial charge is 0.340 e. The first-order chi connectivity index (χ1) is 14.3. The number of nitrogens with zero attached hydrogens (tertiary/aromatic N) is 6. The van der Waals surface area contributed by atoms with Crippen molar-refractivity contribution in [2.45, 2.75) is 45.2 Å². The van der Waals surface area contributed by atoms with Gasteiger partial charge in [-0.1, -0.05) is 30.3 Å². The standard InChI is InChI=1S/C22H26N6O/c29-22(18-9-13-27-19(16-18)8-11-23-27)26-12-10-21-24-20(25-28(21)15-14-26)7-6-17-4-2-1-3-5-17/h1-5,8,11,18H,6-7,9-10,12-16H2. The number of carbonyl (C=O) groups is 1. The van der Waals surface area contributed by atoms with Crippen molar-refractivity contribution in [3.63, 3.8) is 0 Å². The zero-order valence-electron chi connectivity index (χ0n) is 16.6. The molecule has 0 N–H and O–H groups in total. The van der Waals surface area contributed by atoms with Crippen molar-refractivity contribution in [2.75, 3.05) is 13.1 Å². The van der Waals surface area contributed by atoms with Gasteiger partial charge in [-0.2, -0.15) is 10.2 Å². The van der Waals surface area contributed by atoms with Gasteiger partial charge >= 0.3 is 0 Å². The number of hydrogen-bond donors (Lipinski definition) is 0. The third kappa shape index (κ3) is 3.81. The maximum atomic E-state index is 13.1. The third-order valence-electron chi connectivity index (χ3n) is 6.07. The van der Waals surface area contributed by atoms with Crippen LogP contribution in [0.25, 0.3) is 0 Å². The predicted molar refractivity (Wildman–Crippen MR) is 108 cm³/mol. The molecule has 150 valence electrons.